The van der Waals surface area contributed by atoms with Gasteiger partial charge in [-0.25, -0.2) is 8.42 Å². The van der Waals surface area contributed by atoms with Crippen molar-refractivity contribution in [3.63, 3.8) is 0 Å². The summed E-state index contributed by atoms with van der Waals surface area (Å²) in [7, 11) is -3.67. The van der Waals surface area contributed by atoms with Crippen LogP contribution in [0.5, 0.6) is 0 Å². The Bertz CT molecular complexity index is 1370. The van der Waals surface area contributed by atoms with Crippen molar-refractivity contribution >= 4 is 44.3 Å². The third-order valence-electron chi connectivity index (χ3n) is 5.02. The number of amides is 1. The first-order valence-electron chi connectivity index (χ1n) is 10.2. The first-order valence-corrected chi connectivity index (χ1v) is 11.7. The Morgan fingerprint density at radius 1 is 0.938 bits per heavy atom. The lowest BCUT2D eigenvalue weighted by molar-refractivity contribution is 0.102. The van der Waals surface area contributed by atoms with Crippen LogP contribution in [-0.2, 0) is 16.6 Å². The van der Waals surface area contributed by atoms with E-state index in [-0.39, 0.29) is 5.91 Å². The number of benzene rings is 3. The van der Waals surface area contributed by atoms with Gasteiger partial charge in [0.15, 0.2) is 0 Å². The van der Waals surface area contributed by atoms with Crippen molar-refractivity contribution in [1.29, 1.82) is 0 Å². The molecule has 1 aromatic heterocycles. The van der Waals surface area contributed by atoms with Crippen LogP contribution in [0.25, 0.3) is 17.0 Å². The van der Waals surface area contributed by atoms with E-state index in [4.69, 9.17) is 0 Å². The van der Waals surface area contributed by atoms with E-state index in [1.165, 1.54) is 6.08 Å². The van der Waals surface area contributed by atoms with Gasteiger partial charge in [-0.3, -0.25) is 9.52 Å². The molecule has 6 nitrogen and oxygen atoms in total. The Morgan fingerprint density at radius 2 is 1.66 bits per heavy atom. The lowest BCUT2D eigenvalue weighted by atomic mass is 10.2. The summed E-state index contributed by atoms with van der Waals surface area (Å²) in [6, 6.07) is 23.3. The molecule has 4 rings (SSSR count). The fourth-order valence-electron chi connectivity index (χ4n) is 3.38. The Labute approximate surface area is 187 Å². The van der Waals surface area contributed by atoms with Crippen LogP contribution in [0.15, 0.2) is 90.5 Å². The van der Waals surface area contributed by atoms with Gasteiger partial charge in [0.1, 0.15) is 0 Å². The summed E-state index contributed by atoms with van der Waals surface area (Å²) in [5.74, 6) is -0.266. The quantitative estimate of drug-likeness (QED) is 0.404. The molecular weight excluding hydrogens is 422 g/mol. The molecule has 1 amide bonds. The van der Waals surface area contributed by atoms with Gasteiger partial charge in [0.25, 0.3) is 15.9 Å². The summed E-state index contributed by atoms with van der Waals surface area (Å²) < 4.78 is 29.2. The minimum Gasteiger partial charge on any atom is -0.348 e. The van der Waals surface area contributed by atoms with Crippen LogP contribution in [0.3, 0.4) is 0 Å². The Hall–Kier alpha value is -3.84. The molecule has 1 heterocycles. The summed E-state index contributed by atoms with van der Waals surface area (Å²) in [6.45, 7) is 2.96. The van der Waals surface area contributed by atoms with E-state index in [9.17, 15) is 13.2 Å². The summed E-state index contributed by atoms with van der Waals surface area (Å²) >= 11 is 0. The SMILES string of the molecule is CCn1ccc2cc(NC(=O)c3ccc(NS(=O)(=O)/C=C/c4ccccc4)cc3)ccc21. The first kappa shape index (κ1) is 21.4. The lowest BCUT2D eigenvalue weighted by Crippen LogP contribution is -2.12. The standard InChI is InChI=1S/C25H23N3O3S/c1-2-28-16-14-21-18-23(12-13-24(21)28)26-25(29)20-8-10-22(11-9-20)27-32(30,31)17-15-19-6-4-3-5-7-19/h3-18,27H,2H2,1H3,(H,26,29)/b17-15+. The van der Waals surface area contributed by atoms with E-state index in [2.05, 4.69) is 21.5 Å². The van der Waals surface area contributed by atoms with Gasteiger partial charge >= 0.3 is 0 Å². The molecule has 32 heavy (non-hydrogen) atoms. The van der Waals surface area contributed by atoms with Crippen molar-refractivity contribution in [2.24, 2.45) is 0 Å². The highest BCUT2D eigenvalue weighted by molar-refractivity contribution is 7.95. The van der Waals surface area contributed by atoms with E-state index < -0.39 is 10.0 Å². The van der Waals surface area contributed by atoms with Crippen molar-refractivity contribution in [2.45, 2.75) is 13.5 Å². The molecule has 4 aromatic rings. The molecule has 2 N–H and O–H groups in total. The van der Waals surface area contributed by atoms with Crippen LogP contribution >= 0.6 is 0 Å². The fraction of sp³-hybridized carbons (Fsp3) is 0.0800. The average molecular weight is 446 g/mol. The van der Waals surface area contributed by atoms with Crippen molar-refractivity contribution in [3.8, 4) is 0 Å². The van der Waals surface area contributed by atoms with Gasteiger partial charge < -0.3 is 9.88 Å². The van der Waals surface area contributed by atoms with Crippen LogP contribution in [0.1, 0.15) is 22.8 Å². The van der Waals surface area contributed by atoms with Gasteiger partial charge in [-0.15, -0.1) is 0 Å². The maximum atomic E-state index is 12.6. The number of sulfonamides is 1. The zero-order valence-electron chi connectivity index (χ0n) is 17.5. The number of hydrogen-bond donors (Lipinski definition) is 2. The highest BCUT2D eigenvalue weighted by Gasteiger charge is 2.10. The largest absolute Gasteiger partial charge is 0.348 e. The molecule has 0 fully saturated rings. The summed E-state index contributed by atoms with van der Waals surface area (Å²) in [6.07, 6.45) is 3.54. The van der Waals surface area contributed by atoms with E-state index in [0.29, 0.717) is 16.9 Å². The topological polar surface area (TPSA) is 80.2 Å². The first-order chi connectivity index (χ1) is 15.4. The number of fused-ring (bicyclic) bond motifs is 1. The molecule has 162 valence electrons. The minimum absolute atomic E-state index is 0.266. The van der Waals surface area contributed by atoms with Crippen LogP contribution in [0.4, 0.5) is 11.4 Å². The highest BCUT2D eigenvalue weighted by Crippen LogP contribution is 2.21. The number of aromatic nitrogens is 1. The Morgan fingerprint density at radius 3 is 2.38 bits per heavy atom. The molecule has 0 saturated heterocycles. The van der Waals surface area contributed by atoms with Crippen molar-refractivity contribution in [1.82, 2.24) is 4.57 Å². The average Bonchev–Trinajstić information content (AvgIpc) is 3.21. The molecule has 0 atom stereocenters. The second kappa shape index (κ2) is 9.11. The number of carbonyl (C=O) groups is 1. The normalized spacial score (nSPS) is 11.7. The number of aryl methyl sites for hydroxylation is 1. The maximum absolute atomic E-state index is 12.6. The van der Waals surface area contributed by atoms with Crippen LogP contribution < -0.4 is 10.0 Å². The van der Waals surface area contributed by atoms with E-state index in [1.807, 2.05) is 60.8 Å². The van der Waals surface area contributed by atoms with Crippen LogP contribution in [-0.4, -0.2) is 18.9 Å². The van der Waals surface area contributed by atoms with Crippen molar-refractivity contribution in [2.75, 3.05) is 10.0 Å². The van der Waals surface area contributed by atoms with Crippen molar-refractivity contribution in [3.05, 3.63) is 102 Å². The molecule has 0 spiro atoms. The molecule has 0 radical (unpaired) electrons. The maximum Gasteiger partial charge on any atom is 0.255 e. The fourth-order valence-corrected chi connectivity index (χ4v) is 4.25. The predicted molar refractivity (Wildman–Crippen MR) is 130 cm³/mol. The Kier molecular flexibility index (Phi) is 6.09. The van der Waals surface area contributed by atoms with E-state index >= 15 is 0 Å². The predicted octanol–water partition coefficient (Wildman–Crippen LogP) is 5.33. The second-order valence-corrected chi connectivity index (χ2v) is 8.83. The monoisotopic (exact) mass is 445 g/mol. The van der Waals surface area contributed by atoms with Gasteiger partial charge in [0, 0.05) is 40.6 Å². The van der Waals surface area contributed by atoms with E-state index in [1.54, 1.807) is 24.3 Å². The Balaban J connectivity index is 1.41. The number of rotatable bonds is 7. The molecule has 0 saturated carbocycles. The van der Waals surface area contributed by atoms with Crippen LogP contribution in [0, 0.1) is 0 Å². The van der Waals surface area contributed by atoms with Gasteiger partial charge in [-0.2, -0.15) is 0 Å². The molecule has 0 aliphatic heterocycles. The molecule has 7 heteroatoms. The number of nitrogens with zero attached hydrogens (tertiary/aromatic N) is 1. The molecule has 0 aliphatic rings. The van der Waals surface area contributed by atoms with E-state index in [0.717, 1.165) is 28.4 Å². The summed E-state index contributed by atoms with van der Waals surface area (Å²) in [4.78, 5) is 12.6. The molecule has 0 bridgehead atoms. The summed E-state index contributed by atoms with van der Waals surface area (Å²) in [5, 5.41) is 5.06. The molecule has 3 aromatic carbocycles. The number of hydrogen-bond acceptors (Lipinski definition) is 3. The third-order valence-corrected chi connectivity index (χ3v) is 6.03. The number of anilines is 2. The van der Waals surface area contributed by atoms with Crippen LogP contribution in [0.2, 0.25) is 0 Å². The molecular formula is C25H23N3O3S. The molecule has 0 unspecified atom stereocenters. The summed E-state index contributed by atoms with van der Waals surface area (Å²) in [5.41, 5.74) is 3.41. The van der Waals surface area contributed by atoms with Gasteiger partial charge in [-0.1, -0.05) is 30.3 Å². The number of nitrogens with one attached hydrogen (secondary N) is 2. The van der Waals surface area contributed by atoms with Crippen molar-refractivity contribution < 1.29 is 13.2 Å². The van der Waals surface area contributed by atoms with Gasteiger partial charge in [0.2, 0.25) is 0 Å². The smallest absolute Gasteiger partial charge is 0.255 e. The zero-order valence-corrected chi connectivity index (χ0v) is 18.3. The highest BCUT2D eigenvalue weighted by atomic mass is 32.2. The third kappa shape index (κ3) is 5.07. The molecule has 0 aliphatic carbocycles. The second-order valence-electron chi connectivity index (χ2n) is 7.27. The lowest BCUT2D eigenvalue weighted by Gasteiger charge is -2.08. The minimum atomic E-state index is -3.67. The van der Waals surface area contributed by atoms with Gasteiger partial charge in [0.05, 0.1) is 5.41 Å². The number of carbonyl (C=O) groups excluding carboxylic acids is 1. The zero-order chi connectivity index (χ0) is 22.6. The van der Waals surface area contributed by atoms with Gasteiger partial charge in [-0.05, 0) is 67.1 Å².